The molecule has 1 fully saturated rings. The van der Waals surface area contributed by atoms with E-state index in [1.807, 2.05) is 6.26 Å². The van der Waals surface area contributed by atoms with E-state index in [1.54, 1.807) is 11.8 Å². The topological polar surface area (TPSA) is 26.3 Å². The number of Topliss-reactive ketones (excluding diaryl/α,β-unsaturated/α-hetero) is 1. The van der Waals surface area contributed by atoms with Gasteiger partial charge in [0, 0.05) is 6.42 Å². The molecule has 0 saturated heterocycles. The largest absolute Gasteiger partial charge is 0.410 e. The van der Waals surface area contributed by atoms with Crippen LogP contribution in [-0.4, -0.2) is 26.5 Å². The van der Waals surface area contributed by atoms with Crippen molar-refractivity contribution in [2.45, 2.75) is 71.7 Å². The second kappa shape index (κ2) is 5.24. The molecule has 0 aliphatic heterocycles. The molecule has 2 aliphatic carbocycles. The Bertz CT molecular complexity index is 486. The minimum Gasteiger partial charge on any atom is -0.410 e. The number of carbonyl (C=O) groups is 1. The van der Waals surface area contributed by atoms with Crippen molar-refractivity contribution in [2.24, 2.45) is 11.3 Å². The molecule has 4 heteroatoms. The summed E-state index contributed by atoms with van der Waals surface area (Å²) in [6.45, 7) is 16.1. The van der Waals surface area contributed by atoms with Gasteiger partial charge in [0.15, 0.2) is 14.1 Å². The molecule has 2 atom stereocenters. The number of hydrogen-bond donors (Lipinski definition) is 0. The summed E-state index contributed by atoms with van der Waals surface area (Å²) >= 11 is 1.62. The molecule has 2 aliphatic rings. The highest BCUT2D eigenvalue weighted by Gasteiger charge is 2.53. The Labute approximate surface area is 135 Å². The van der Waals surface area contributed by atoms with Gasteiger partial charge in [0.05, 0.1) is 11.0 Å². The van der Waals surface area contributed by atoms with E-state index in [1.165, 1.54) is 5.57 Å². The summed E-state index contributed by atoms with van der Waals surface area (Å²) in [5, 5.41) is 0.198. The normalized spacial score (nSPS) is 29.2. The summed E-state index contributed by atoms with van der Waals surface area (Å²) in [6.07, 6.45) is 3.93. The molecule has 120 valence electrons. The average molecular weight is 327 g/mol. The van der Waals surface area contributed by atoms with Crippen LogP contribution in [0.1, 0.15) is 47.5 Å². The van der Waals surface area contributed by atoms with Gasteiger partial charge in [-0.2, -0.15) is 0 Å². The number of allylic oxidation sites excluding steroid dienone is 1. The quantitative estimate of drug-likeness (QED) is 0.682. The summed E-state index contributed by atoms with van der Waals surface area (Å²) in [5.74, 6) is 0.756. The lowest BCUT2D eigenvalue weighted by Gasteiger charge is -2.42. The third-order valence-corrected chi connectivity index (χ3v) is 10.9. The molecule has 0 aromatic carbocycles. The fourth-order valence-corrected chi connectivity index (χ4v) is 5.59. The van der Waals surface area contributed by atoms with E-state index in [0.29, 0.717) is 18.1 Å². The smallest absolute Gasteiger partial charge is 0.192 e. The monoisotopic (exact) mass is 326 g/mol. The first-order chi connectivity index (χ1) is 9.40. The van der Waals surface area contributed by atoms with E-state index < -0.39 is 8.32 Å². The number of carbonyl (C=O) groups excluding carboxylic acids is 1. The van der Waals surface area contributed by atoms with Gasteiger partial charge in [0.25, 0.3) is 0 Å². The maximum absolute atomic E-state index is 12.2. The van der Waals surface area contributed by atoms with Crippen LogP contribution in [0.4, 0.5) is 0 Å². The molecule has 1 saturated carbocycles. The Balaban J connectivity index is 2.40. The van der Waals surface area contributed by atoms with Gasteiger partial charge < -0.3 is 4.43 Å². The molecule has 0 amide bonds. The zero-order valence-corrected chi connectivity index (χ0v) is 16.6. The Hall–Kier alpha value is -0.0631. The Morgan fingerprint density at radius 1 is 1.29 bits per heavy atom. The molecule has 2 rings (SSSR count). The van der Waals surface area contributed by atoms with Crippen molar-refractivity contribution >= 4 is 25.9 Å². The number of rotatable bonds is 3. The molecule has 0 aromatic rings. The van der Waals surface area contributed by atoms with Crippen molar-refractivity contribution in [2.75, 3.05) is 6.26 Å². The van der Waals surface area contributed by atoms with Crippen molar-refractivity contribution in [1.29, 1.82) is 0 Å². The van der Waals surface area contributed by atoms with Crippen LogP contribution in [0.15, 0.2) is 10.5 Å². The van der Waals surface area contributed by atoms with Crippen LogP contribution >= 0.6 is 11.8 Å². The average Bonchev–Trinajstić information content (AvgIpc) is 2.69. The van der Waals surface area contributed by atoms with Crippen molar-refractivity contribution in [3.8, 4) is 0 Å². The van der Waals surface area contributed by atoms with E-state index in [0.717, 1.165) is 11.3 Å². The molecule has 0 spiro atoms. The maximum atomic E-state index is 12.2. The van der Waals surface area contributed by atoms with Crippen molar-refractivity contribution in [3.05, 3.63) is 10.5 Å². The highest BCUT2D eigenvalue weighted by Crippen LogP contribution is 2.55. The van der Waals surface area contributed by atoms with Gasteiger partial charge in [-0.1, -0.05) is 34.6 Å². The van der Waals surface area contributed by atoms with E-state index in [2.05, 4.69) is 47.7 Å². The van der Waals surface area contributed by atoms with Gasteiger partial charge in [0.2, 0.25) is 0 Å². The lowest BCUT2D eigenvalue weighted by molar-refractivity contribution is -0.114. The van der Waals surface area contributed by atoms with Crippen LogP contribution in [0.2, 0.25) is 18.1 Å². The molecule has 0 N–H and O–H groups in total. The highest BCUT2D eigenvalue weighted by atomic mass is 32.2. The lowest BCUT2D eigenvalue weighted by atomic mass is 9.87. The second-order valence-electron chi connectivity index (χ2n) is 8.76. The minimum atomic E-state index is -1.84. The molecule has 21 heavy (non-hydrogen) atoms. The third kappa shape index (κ3) is 2.91. The van der Waals surface area contributed by atoms with Gasteiger partial charge in [0.1, 0.15) is 0 Å². The van der Waals surface area contributed by atoms with Gasteiger partial charge in [-0.05, 0) is 47.7 Å². The van der Waals surface area contributed by atoms with Crippen LogP contribution in [-0.2, 0) is 9.22 Å². The Morgan fingerprint density at radius 3 is 2.33 bits per heavy atom. The van der Waals surface area contributed by atoms with Gasteiger partial charge in [-0.3, -0.25) is 4.79 Å². The summed E-state index contributed by atoms with van der Waals surface area (Å²) in [6, 6.07) is 0. The first kappa shape index (κ1) is 17.3. The third-order valence-electron chi connectivity index (χ3n) is 5.57. The molecular weight excluding hydrogens is 296 g/mol. The lowest BCUT2D eigenvalue weighted by Crippen LogP contribution is -2.46. The molecule has 2 nitrogen and oxygen atoms in total. The Morgan fingerprint density at radius 2 is 1.86 bits per heavy atom. The van der Waals surface area contributed by atoms with Crippen LogP contribution in [0, 0.1) is 11.3 Å². The van der Waals surface area contributed by atoms with Gasteiger partial charge in [-0.15, -0.1) is 11.8 Å². The second-order valence-corrected chi connectivity index (χ2v) is 14.3. The first-order valence-electron chi connectivity index (χ1n) is 7.90. The number of fused-ring (bicyclic) bond motifs is 1. The molecule has 0 heterocycles. The molecule has 0 unspecified atom stereocenters. The van der Waals surface area contributed by atoms with Gasteiger partial charge in [-0.25, -0.2) is 0 Å². The summed E-state index contributed by atoms with van der Waals surface area (Å²) < 4.78 is 6.79. The van der Waals surface area contributed by atoms with Crippen molar-refractivity contribution < 1.29 is 9.22 Å². The highest BCUT2D eigenvalue weighted by molar-refractivity contribution is 8.03. The predicted octanol–water partition coefficient (Wildman–Crippen LogP) is 5.01. The number of thioether (sulfide) groups is 1. The van der Waals surface area contributed by atoms with Crippen molar-refractivity contribution in [3.63, 3.8) is 0 Å². The zero-order chi connectivity index (χ0) is 16.2. The molecule has 0 aromatic heterocycles. The predicted molar refractivity (Wildman–Crippen MR) is 94.1 cm³/mol. The number of ketones is 1. The SMILES string of the molecule is CSC1=C2[C@H](CC1=O)CC(C)(C)[C@H]2O[Si](C)(C)C(C)(C)C. The molecule has 0 bridgehead atoms. The van der Waals surface area contributed by atoms with Crippen LogP contribution in [0.5, 0.6) is 0 Å². The Kier molecular flexibility index (Phi) is 4.32. The summed E-state index contributed by atoms with van der Waals surface area (Å²) in [4.78, 5) is 13.2. The fourth-order valence-electron chi connectivity index (χ4n) is 3.38. The van der Waals surface area contributed by atoms with Crippen LogP contribution < -0.4 is 0 Å². The van der Waals surface area contributed by atoms with E-state index in [9.17, 15) is 4.79 Å². The number of hydrogen-bond acceptors (Lipinski definition) is 3. The molecular formula is C17H30O2SSi. The molecule has 0 radical (unpaired) electrons. The zero-order valence-electron chi connectivity index (χ0n) is 14.8. The first-order valence-corrected chi connectivity index (χ1v) is 12.0. The maximum Gasteiger partial charge on any atom is 0.192 e. The van der Waals surface area contributed by atoms with E-state index in [4.69, 9.17) is 4.43 Å². The van der Waals surface area contributed by atoms with Crippen LogP contribution in [0.25, 0.3) is 0 Å². The fraction of sp³-hybridized carbons (Fsp3) is 0.824. The summed E-state index contributed by atoms with van der Waals surface area (Å²) in [5.41, 5.74) is 1.46. The van der Waals surface area contributed by atoms with E-state index in [-0.39, 0.29) is 16.6 Å². The minimum absolute atomic E-state index is 0.122. The van der Waals surface area contributed by atoms with Gasteiger partial charge >= 0.3 is 0 Å². The van der Waals surface area contributed by atoms with Crippen LogP contribution in [0.3, 0.4) is 0 Å². The standard InChI is InChI=1S/C17H30O2SSi/c1-16(2,3)21(7,8)19-15-13-11(10-17(15,4)5)9-12(18)14(13)20-6/h11,15H,9-10H2,1-8H3/t11-,15+/m1/s1. The summed E-state index contributed by atoms with van der Waals surface area (Å²) in [7, 11) is -1.84. The van der Waals surface area contributed by atoms with E-state index >= 15 is 0 Å². The van der Waals surface area contributed by atoms with Crippen molar-refractivity contribution in [1.82, 2.24) is 0 Å².